The SMILES string of the molecule is Cl.Nc1ccc(CC(=O)NCCOCC(F)(F)F)cc1. The zero-order valence-corrected chi connectivity index (χ0v) is 11.4. The fourth-order valence-electron chi connectivity index (χ4n) is 1.33. The fraction of sp³-hybridized carbons (Fsp3) is 0.417. The summed E-state index contributed by atoms with van der Waals surface area (Å²) in [6.45, 7) is -1.43. The Hall–Kier alpha value is -1.47. The normalized spacial score (nSPS) is 10.8. The second-order valence-corrected chi connectivity index (χ2v) is 3.94. The number of benzene rings is 1. The molecule has 0 fully saturated rings. The summed E-state index contributed by atoms with van der Waals surface area (Å²) in [5, 5.41) is 2.47. The molecule has 0 aromatic heterocycles. The average Bonchev–Trinajstić information content (AvgIpc) is 2.30. The predicted molar refractivity (Wildman–Crippen MR) is 71.7 cm³/mol. The Bertz CT molecular complexity index is 410. The van der Waals surface area contributed by atoms with E-state index in [1.54, 1.807) is 24.3 Å². The molecule has 0 radical (unpaired) electrons. The first kappa shape index (κ1) is 18.5. The second-order valence-electron chi connectivity index (χ2n) is 3.94. The molecule has 1 amide bonds. The maximum Gasteiger partial charge on any atom is 0.411 e. The Labute approximate surface area is 120 Å². The van der Waals surface area contributed by atoms with Crippen LogP contribution in [0.15, 0.2) is 24.3 Å². The Balaban J connectivity index is 0.00000361. The van der Waals surface area contributed by atoms with Crippen LogP contribution < -0.4 is 11.1 Å². The predicted octanol–water partition coefficient (Wildman–Crippen LogP) is 1.93. The van der Waals surface area contributed by atoms with E-state index >= 15 is 0 Å². The van der Waals surface area contributed by atoms with Gasteiger partial charge in [0.25, 0.3) is 0 Å². The zero-order valence-electron chi connectivity index (χ0n) is 10.6. The van der Waals surface area contributed by atoms with Crippen LogP contribution in [0.3, 0.4) is 0 Å². The van der Waals surface area contributed by atoms with Crippen LogP contribution >= 0.6 is 12.4 Å². The molecular formula is C12H16ClF3N2O2. The Morgan fingerprint density at radius 3 is 2.40 bits per heavy atom. The van der Waals surface area contributed by atoms with Crippen molar-refractivity contribution in [2.45, 2.75) is 12.6 Å². The number of ether oxygens (including phenoxy) is 1. The maximum absolute atomic E-state index is 11.7. The molecule has 0 saturated heterocycles. The molecule has 1 aromatic carbocycles. The number of carbonyl (C=O) groups is 1. The van der Waals surface area contributed by atoms with Crippen molar-refractivity contribution in [1.29, 1.82) is 0 Å². The summed E-state index contributed by atoms with van der Waals surface area (Å²) in [6.07, 6.45) is -4.19. The zero-order chi connectivity index (χ0) is 14.3. The smallest absolute Gasteiger partial charge is 0.399 e. The van der Waals surface area contributed by atoms with Crippen molar-refractivity contribution in [3.63, 3.8) is 0 Å². The molecule has 0 unspecified atom stereocenters. The van der Waals surface area contributed by atoms with E-state index in [0.717, 1.165) is 5.56 Å². The van der Waals surface area contributed by atoms with Gasteiger partial charge < -0.3 is 15.8 Å². The molecule has 0 spiro atoms. The number of alkyl halides is 3. The van der Waals surface area contributed by atoms with Crippen molar-refractivity contribution in [2.24, 2.45) is 0 Å². The number of nitrogens with one attached hydrogen (secondary N) is 1. The minimum atomic E-state index is -4.34. The van der Waals surface area contributed by atoms with Crippen molar-refractivity contribution in [3.8, 4) is 0 Å². The molecule has 114 valence electrons. The minimum Gasteiger partial charge on any atom is -0.399 e. The Morgan fingerprint density at radius 2 is 1.85 bits per heavy atom. The number of anilines is 1. The molecule has 0 heterocycles. The Morgan fingerprint density at radius 1 is 1.25 bits per heavy atom. The second kappa shape index (κ2) is 8.65. The van der Waals surface area contributed by atoms with Crippen LogP contribution in [-0.2, 0) is 16.0 Å². The molecule has 4 nitrogen and oxygen atoms in total. The molecule has 1 rings (SSSR count). The van der Waals surface area contributed by atoms with E-state index in [4.69, 9.17) is 5.73 Å². The van der Waals surface area contributed by atoms with Gasteiger partial charge in [0.15, 0.2) is 0 Å². The first-order valence-electron chi connectivity index (χ1n) is 5.62. The van der Waals surface area contributed by atoms with Crippen molar-refractivity contribution in [2.75, 3.05) is 25.5 Å². The van der Waals surface area contributed by atoms with E-state index in [1.165, 1.54) is 0 Å². The summed E-state index contributed by atoms with van der Waals surface area (Å²) in [4.78, 5) is 11.4. The monoisotopic (exact) mass is 312 g/mol. The van der Waals surface area contributed by atoms with Gasteiger partial charge in [0.2, 0.25) is 5.91 Å². The first-order valence-corrected chi connectivity index (χ1v) is 5.62. The minimum absolute atomic E-state index is 0. The van der Waals surface area contributed by atoms with Gasteiger partial charge in [-0.1, -0.05) is 12.1 Å². The highest BCUT2D eigenvalue weighted by Crippen LogP contribution is 2.13. The van der Waals surface area contributed by atoms with E-state index in [9.17, 15) is 18.0 Å². The third-order valence-electron chi connectivity index (χ3n) is 2.18. The molecule has 0 bridgehead atoms. The molecule has 1 aromatic rings. The lowest BCUT2D eigenvalue weighted by molar-refractivity contribution is -0.173. The highest BCUT2D eigenvalue weighted by atomic mass is 35.5. The number of hydrogen-bond donors (Lipinski definition) is 2. The van der Waals surface area contributed by atoms with Crippen molar-refractivity contribution in [3.05, 3.63) is 29.8 Å². The molecule has 8 heteroatoms. The van der Waals surface area contributed by atoms with Gasteiger partial charge in [-0.2, -0.15) is 13.2 Å². The quantitative estimate of drug-likeness (QED) is 0.623. The van der Waals surface area contributed by atoms with Crippen molar-refractivity contribution >= 4 is 24.0 Å². The summed E-state index contributed by atoms with van der Waals surface area (Å²) in [7, 11) is 0. The lowest BCUT2D eigenvalue weighted by Crippen LogP contribution is -2.30. The van der Waals surface area contributed by atoms with E-state index in [-0.39, 0.29) is 37.9 Å². The molecule has 0 aliphatic carbocycles. The van der Waals surface area contributed by atoms with Crippen LogP contribution in [-0.4, -0.2) is 31.8 Å². The maximum atomic E-state index is 11.7. The highest BCUT2D eigenvalue weighted by Gasteiger charge is 2.27. The summed E-state index contributed by atoms with van der Waals surface area (Å²) in [6, 6.07) is 6.79. The number of rotatable bonds is 6. The standard InChI is InChI=1S/C12H15F3N2O2.ClH/c13-12(14,15)8-19-6-5-17-11(18)7-9-1-3-10(16)4-2-9;/h1-4H,5-8,16H2,(H,17,18);1H. The third-order valence-corrected chi connectivity index (χ3v) is 2.18. The fourth-order valence-corrected chi connectivity index (χ4v) is 1.33. The van der Waals surface area contributed by atoms with Gasteiger partial charge in [-0.05, 0) is 17.7 Å². The number of nitrogens with two attached hydrogens (primary N) is 1. The average molecular weight is 313 g/mol. The molecule has 0 aliphatic heterocycles. The van der Waals surface area contributed by atoms with Gasteiger partial charge in [-0.15, -0.1) is 12.4 Å². The largest absolute Gasteiger partial charge is 0.411 e. The van der Waals surface area contributed by atoms with Crippen LogP contribution in [0.1, 0.15) is 5.56 Å². The summed E-state index contributed by atoms with van der Waals surface area (Å²) >= 11 is 0. The van der Waals surface area contributed by atoms with Gasteiger partial charge in [-0.25, -0.2) is 0 Å². The summed E-state index contributed by atoms with van der Waals surface area (Å²) in [5.41, 5.74) is 6.88. The van der Waals surface area contributed by atoms with Crippen molar-refractivity contribution in [1.82, 2.24) is 5.32 Å². The number of amides is 1. The van der Waals surface area contributed by atoms with Gasteiger partial charge in [0.1, 0.15) is 6.61 Å². The van der Waals surface area contributed by atoms with Crippen LogP contribution in [0.4, 0.5) is 18.9 Å². The van der Waals surface area contributed by atoms with Gasteiger partial charge in [0.05, 0.1) is 13.0 Å². The summed E-state index contributed by atoms with van der Waals surface area (Å²) in [5.74, 6) is -0.277. The lowest BCUT2D eigenvalue weighted by atomic mass is 10.1. The van der Waals surface area contributed by atoms with E-state index < -0.39 is 12.8 Å². The van der Waals surface area contributed by atoms with Gasteiger partial charge >= 0.3 is 6.18 Å². The van der Waals surface area contributed by atoms with E-state index in [0.29, 0.717) is 5.69 Å². The summed E-state index contributed by atoms with van der Waals surface area (Å²) < 4.78 is 39.6. The molecule has 3 N–H and O–H groups in total. The van der Waals surface area contributed by atoms with Crippen molar-refractivity contribution < 1.29 is 22.7 Å². The molecule has 0 atom stereocenters. The number of hydrogen-bond acceptors (Lipinski definition) is 3. The topological polar surface area (TPSA) is 64.4 Å². The number of nitrogen functional groups attached to an aromatic ring is 1. The number of carbonyl (C=O) groups excluding carboxylic acids is 1. The van der Waals surface area contributed by atoms with E-state index in [2.05, 4.69) is 10.1 Å². The molecular weight excluding hydrogens is 297 g/mol. The molecule has 0 saturated carbocycles. The van der Waals surface area contributed by atoms with Gasteiger partial charge in [-0.3, -0.25) is 4.79 Å². The Kier molecular flexibility index (Phi) is 8.02. The first-order chi connectivity index (χ1) is 8.87. The van der Waals surface area contributed by atoms with Crippen LogP contribution in [0.2, 0.25) is 0 Å². The molecule has 0 aliphatic rings. The molecule has 20 heavy (non-hydrogen) atoms. The lowest BCUT2D eigenvalue weighted by Gasteiger charge is -2.08. The third kappa shape index (κ3) is 8.60. The van der Waals surface area contributed by atoms with Crippen LogP contribution in [0.5, 0.6) is 0 Å². The highest BCUT2D eigenvalue weighted by molar-refractivity contribution is 5.85. The van der Waals surface area contributed by atoms with Crippen LogP contribution in [0.25, 0.3) is 0 Å². The van der Waals surface area contributed by atoms with E-state index in [1.807, 2.05) is 0 Å². The van der Waals surface area contributed by atoms with Crippen LogP contribution in [0, 0.1) is 0 Å². The number of halogens is 4. The van der Waals surface area contributed by atoms with Gasteiger partial charge in [0, 0.05) is 12.2 Å².